The predicted molar refractivity (Wildman–Crippen MR) is 34.0 cm³/mol. The monoisotopic (exact) mass is 176 g/mol. The molecular formula is C6H8O6. The van der Waals surface area contributed by atoms with Gasteiger partial charge in [0.05, 0.1) is 0 Å². The molecule has 1 aliphatic heterocycles. The van der Waals surface area contributed by atoms with E-state index in [1.165, 1.54) is 0 Å². The first kappa shape index (κ1) is 9.11. The number of cyclic esters (lactones) is 1. The molecule has 0 radical (unpaired) electrons. The van der Waals surface area contributed by atoms with Crippen molar-refractivity contribution in [3.05, 3.63) is 0 Å². The Kier molecular flexibility index (Phi) is 2.41. The molecule has 0 unspecified atom stereocenters. The summed E-state index contributed by atoms with van der Waals surface area (Å²) in [4.78, 5) is 20.6. The van der Waals surface area contributed by atoms with Gasteiger partial charge < -0.3 is 24.9 Å². The van der Waals surface area contributed by atoms with E-state index in [0.717, 1.165) is 0 Å². The normalized spacial score (nSPS) is 37.6. The second-order valence-electron chi connectivity index (χ2n) is 2.46. The van der Waals surface area contributed by atoms with Crippen molar-refractivity contribution in [3.63, 3.8) is 0 Å². The van der Waals surface area contributed by atoms with Crippen LogP contribution in [0.2, 0.25) is 0 Å². The molecule has 1 heterocycles. The predicted octanol–water partition coefficient (Wildman–Crippen LogP) is -2.81. The number of carbonyl (C=O) groups is 2. The zero-order chi connectivity index (χ0) is 9.30. The lowest BCUT2D eigenvalue weighted by Crippen LogP contribution is -2.39. The first-order chi connectivity index (χ1) is 5.57. The van der Waals surface area contributed by atoms with E-state index in [1.807, 2.05) is 0 Å². The molecule has 3 N–H and O–H groups in total. The number of aliphatic hydroxyl groups is 3. The molecule has 1 rings (SSSR count). The van der Waals surface area contributed by atoms with Gasteiger partial charge in [0.15, 0.2) is 18.5 Å². The van der Waals surface area contributed by atoms with Gasteiger partial charge in [0.1, 0.15) is 12.2 Å². The van der Waals surface area contributed by atoms with E-state index < -0.39 is 30.4 Å². The molecule has 0 aromatic rings. The highest BCUT2D eigenvalue weighted by atomic mass is 16.6. The molecule has 6 nitrogen and oxygen atoms in total. The van der Waals surface area contributed by atoms with Gasteiger partial charge in [-0.2, -0.15) is 0 Å². The van der Waals surface area contributed by atoms with Crippen molar-refractivity contribution >= 4 is 12.3 Å². The van der Waals surface area contributed by atoms with Gasteiger partial charge >= 0.3 is 5.97 Å². The zero-order valence-electron chi connectivity index (χ0n) is 5.95. The third-order valence-corrected chi connectivity index (χ3v) is 1.63. The fraction of sp³-hybridized carbons (Fsp3) is 0.667. The maximum absolute atomic E-state index is 10.6. The van der Waals surface area contributed by atoms with Gasteiger partial charge in [-0.25, -0.2) is 4.79 Å². The Bertz CT molecular complexity index is 202. The second-order valence-corrected chi connectivity index (χ2v) is 2.46. The molecule has 6 heteroatoms. The minimum absolute atomic E-state index is 0.124. The van der Waals surface area contributed by atoms with Crippen molar-refractivity contribution in [2.75, 3.05) is 0 Å². The van der Waals surface area contributed by atoms with Crippen LogP contribution in [0.25, 0.3) is 0 Å². The quantitative estimate of drug-likeness (QED) is 0.310. The lowest BCUT2D eigenvalue weighted by molar-refractivity contribution is -0.151. The Labute approximate surface area is 67.4 Å². The van der Waals surface area contributed by atoms with Crippen LogP contribution in [-0.4, -0.2) is 52.0 Å². The number of carbonyl (C=O) groups excluding carboxylic acids is 2. The lowest BCUT2D eigenvalue weighted by atomic mass is 10.1. The molecular weight excluding hydrogens is 168 g/mol. The molecule has 0 aliphatic carbocycles. The molecule has 12 heavy (non-hydrogen) atoms. The highest BCUT2D eigenvalue weighted by Crippen LogP contribution is 2.17. The van der Waals surface area contributed by atoms with Crippen LogP contribution < -0.4 is 0 Å². The van der Waals surface area contributed by atoms with Crippen LogP contribution in [0.3, 0.4) is 0 Å². The summed E-state index contributed by atoms with van der Waals surface area (Å²) in [5.41, 5.74) is 0. The molecule has 0 aromatic heterocycles. The van der Waals surface area contributed by atoms with Crippen molar-refractivity contribution < 1.29 is 29.6 Å². The number of aldehydes is 1. The summed E-state index contributed by atoms with van der Waals surface area (Å²) in [6.45, 7) is 0. The molecule has 1 saturated heterocycles. The summed E-state index contributed by atoms with van der Waals surface area (Å²) in [5.74, 6) is -1.03. The zero-order valence-corrected chi connectivity index (χ0v) is 5.95. The van der Waals surface area contributed by atoms with Gasteiger partial charge in [-0.05, 0) is 0 Å². The summed E-state index contributed by atoms with van der Waals surface area (Å²) < 4.78 is 4.32. The number of ether oxygens (including phenoxy) is 1. The molecule has 0 bridgehead atoms. The van der Waals surface area contributed by atoms with E-state index in [1.54, 1.807) is 0 Å². The van der Waals surface area contributed by atoms with Gasteiger partial charge in [-0.1, -0.05) is 0 Å². The van der Waals surface area contributed by atoms with Crippen LogP contribution in [0.15, 0.2) is 0 Å². The Balaban J connectivity index is 2.70. The van der Waals surface area contributed by atoms with Crippen LogP contribution in [0.4, 0.5) is 0 Å². The third-order valence-electron chi connectivity index (χ3n) is 1.63. The summed E-state index contributed by atoms with van der Waals surface area (Å²) in [7, 11) is 0. The fourth-order valence-corrected chi connectivity index (χ4v) is 0.942. The first-order valence-electron chi connectivity index (χ1n) is 3.28. The van der Waals surface area contributed by atoms with E-state index in [0.29, 0.717) is 0 Å². The molecule has 68 valence electrons. The number of esters is 1. The number of rotatable bonds is 2. The van der Waals surface area contributed by atoms with Crippen molar-refractivity contribution in [2.45, 2.75) is 24.4 Å². The van der Waals surface area contributed by atoms with Crippen molar-refractivity contribution in [3.8, 4) is 0 Å². The van der Waals surface area contributed by atoms with Crippen LogP contribution in [0.5, 0.6) is 0 Å². The third kappa shape index (κ3) is 1.31. The molecule has 1 aliphatic rings. The number of hydrogen-bond acceptors (Lipinski definition) is 6. The minimum Gasteiger partial charge on any atom is -0.454 e. The fourth-order valence-electron chi connectivity index (χ4n) is 0.942. The van der Waals surface area contributed by atoms with Crippen molar-refractivity contribution in [2.24, 2.45) is 0 Å². The minimum atomic E-state index is -1.68. The Morgan fingerprint density at radius 3 is 2.42 bits per heavy atom. The van der Waals surface area contributed by atoms with Gasteiger partial charge in [0, 0.05) is 0 Å². The molecule has 0 spiro atoms. The highest BCUT2D eigenvalue weighted by Gasteiger charge is 2.46. The SMILES string of the molecule is O=C[C@@H](O)[C@@H]1OC(=O)[C@@H](O)[C@@H]1O. The Morgan fingerprint density at radius 2 is 2.08 bits per heavy atom. The highest BCUT2D eigenvalue weighted by molar-refractivity contribution is 5.78. The smallest absolute Gasteiger partial charge is 0.338 e. The second kappa shape index (κ2) is 3.18. The van der Waals surface area contributed by atoms with Crippen LogP contribution in [0, 0.1) is 0 Å². The van der Waals surface area contributed by atoms with Crippen LogP contribution in [-0.2, 0) is 14.3 Å². The number of hydrogen-bond donors (Lipinski definition) is 3. The molecule has 1 fully saturated rings. The Morgan fingerprint density at radius 1 is 1.50 bits per heavy atom. The van der Waals surface area contributed by atoms with E-state index in [4.69, 9.17) is 15.3 Å². The summed E-state index contributed by atoms with van der Waals surface area (Å²) in [5, 5.41) is 26.7. The van der Waals surface area contributed by atoms with Gasteiger partial charge in [-0.3, -0.25) is 0 Å². The average Bonchev–Trinajstić information content (AvgIpc) is 2.32. The topological polar surface area (TPSA) is 104 Å². The summed E-state index contributed by atoms with van der Waals surface area (Å²) in [6.07, 6.45) is -6.05. The van der Waals surface area contributed by atoms with Crippen LogP contribution >= 0.6 is 0 Å². The molecule has 0 saturated carbocycles. The van der Waals surface area contributed by atoms with Gasteiger partial charge in [0.2, 0.25) is 0 Å². The molecule has 0 aromatic carbocycles. The van der Waals surface area contributed by atoms with E-state index in [-0.39, 0.29) is 6.29 Å². The molecule has 4 atom stereocenters. The number of aliphatic hydroxyl groups excluding tert-OH is 3. The Hall–Kier alpha value is -0.980. The molecule has 0 amide bonds. The largest absolute Gasteiger partial charge is 0.454 e. The summed E-state index contributed by atoms with van der Waals surface area (Å²) in [6, 6.07) is 0. The maximum Gasteiger partial charge on any atom is 0.338 e. The standard InChI is InChI=1S/C6H8O6/c7-1-2(8)5-3(9)4(10)6(11)12-5/h1-5,8-10H/t2-,3+,4+,5+/m1/s1. The van der Waals surface area contributed by atoms with Crippen LogP contribution in [0.1, 0.15) is 0 Å². The lowest BCUT2D eigenvalue weighted by Gasteiger charge is -2.14. The van der Waals surface area contributed by atoms with Crippen molar-refractivity contribution in [1.29, 1.82) is 0 Å². The van der Waals surface area contributed by atoms with Crippen molar-refractivity contribution in [1.82, 2.24) is 0 Å². The van der Waals surface area contributed by atoms with Gasteiger partial charge in [0.25, 0.3) is 0 Å². The van der Waals surface area contributed by atoms with E-state index in [9.17, 15) is 9.59 Å². The summed E-state index contributed by atoms with van der Waals surface area (Å²) >= 11 is 0. The van der Waals surface area contributed by atoms with E-state index >= 15 is 0 Å². The first-order valence-corrected chi connectivity index (χ1v) is 3.28. The van der Waals surface area contributed by atoms with E-state index in [2.05, 4.69) is 4.74 Å². The average molecular weight is 176 g/mol. The van der Waals surface area contributed by atoms with Gasteiger partial charge in [-0.15, -0.1) is 0 Å². The maximum atomic E-state index is 10.6.